The highest BCUT2D eigenvalue weighted by atomic mass is 32.2. The number of carbonyl (C=O) groups excluding carboxylic acids is 1. The normalized spacial score (nSPS) is 18.7. The van der Waals surface area contributed by atoms with Crippen molar-refractivity contribution in [3.63, 3.8) is 0 Å². The second-order valence-electron chi connectivity index (χ2n) is 13.4. The maximum absolute atomic E-state index is 13.5. The number of piperazine rings is 2. The number of hydrogen-bond acceptors (Lipinski definition) is 8. The zero-order valence-corrected chi connectivity index (χ0v) is 29.5. The monoisotopic (exact) mass is 665 g/mol. The van der Waals surface area contributed by atoms with Crippen molar-refractivity contribution < 1.29 is 14.6 Å². The molecule has 2 aromatic heterocycles. The maximum Gasteiger partial charge on any atom is 0.245 e. The molecule has 3 aliphatic rings. The van der Waals surface area contributed by atoms with Crippen molar-refractivity contribution in [3.8, 4) is 10.4 Å². The van der Waals surface area contributed by atoms with Crippen LogP contribution in [0.4, 0.5) is 11.5 Å². The molecule has 10 heteroatoms. The minimum absolute atomic E-state index is 0. The third kappa shape index (κ3) is 8.08. The molecule has 6 rings (SSSR count). The van der Waals surface area contributed by atoms with Crippen molar-refractivity contribution in [2.45, 2.75) is 76.7 Å². The van der Waals surface area contributed by atoms with Gasteiger partial charge in [-0.25, -0.2) is 13.4 Å². The van der Waals surface area contributed by atoms with Crippen LogP contribution in [0.3, 0.4) is 0 Å². The molecule has 0 N–H and O–H groups in total. The number of sulfonamides is 1. The highest BCUT2D eigenvalue weighted by molar-refractivity contribution is 7.89. The molecule has 3 fully saturated rings. The lowest BCUT2D eigenvalue weighted by Gasteiger charge is -2.42. The molecule has 0 unspecified atom stereocenters. The Balaban J connectivity index is 0.000000643. The molecule has 250 valence electrons. The molecule has 1 saturated carbocycles. The lowest BCUT2D eigenvalue weighted by atomic mass is 10.0. The molecule has 0 bridgehead atoms. The number of anilines is 2. The number of nitrogens with zero attached hydrogens (tertiary/aromatic N) is 5. The van der Waals surface area contributed by atoms with E-state index in [0.717, 1.165) is 48.1 Å². The summed E-state index contributed by atoms with van der Waals surface area (Å²) in [5, 5.41) is 0. The summed E-state index contributed by atoms with van der Waals surface area (Å²) in [6.07, 6.45) is 10.5. The van der Waals surface area contributed by atoms with Crippen LogP contribution in [0, 0.1) is 0 Å². The smallest absolute Gasteiger partial charge is 0.245 e. The minimum atomic E-state index is -3.75. The van der Waals surface area contributed by atoms with Crippen LogP contribution in [-0.4, -0.2) is 79.7 Å². The summed E-state index contributed by atoms with van der Waals surface area (Å²) in [5.74, 6) is 0.779. The van der Waals surface area contributed by atoms with Crippen LogP contribution >= 0.6 is 11.3 Å². The summed E-state index contributed by atoms with van der Waals surface area (Å²) in [6.45, 7) is 16.9. The molecule has 3 aromatic rings. The molecular formula is C36H51N5O3S2. The molecule has 1 aliphatic carbocycles. The van der Waals surface area contributed by atoms with E-state index in [1.165, 1.54) is 60.4 Å². The molecule has 0 atom stereocenters. The van der Waals surface area contributed by atoms with Crippen LogP contribution in [0.15, 0.2) is 71.9 Å². The molecule has 2 saturated heterocycles. The fourth-order valence-electron chi connectivity index (χ4n) is 6.34. The Bertz CT molecular complexity index is 1580. The lowest BCUT2D eigenvalue weighted by molar-refractivity contribution is 0.102. The van der Waals surface area contributed by atoms with Gasteiger partial charge in [-0.05, 0) is 44.5 Å². The summed E-state index contributed by atoms with van der Waals surface area (Å²) in [6, 6.07) is 15.4. The fraction of sp³-hybridized carbons (Fsp3) is 0.500. The van der Waals surface area contributed by atoms with Crippen molar-refractivity contribution in [1.29, 1.82) is 0 Å². The van der Waals surface area contributed by atoms with E-state index < -0.39 is 10.0 Å². The van der Waals surface area contributed by atoms with Gasteiger partial charge in [0, 0.05) is 69.9 Å². The van der Waals surface area contributed by atoms with E-state index in [-0.39, 0.29) is 30.7 Å². The maximum atomic E-state index is 13.5. The van der Waals surface area contributed by atoms with Crippen LogP contribution in [-0.2, 0) is 10.0 Å². The summed E-state index contributed by atoms with van der Waals surface area (Å²) in [4.78, 5) is 25.5. The molecule has 8 nitrogen and oxygen atoms in total. The Morgan fingerprint density at radius 1 is 0.891 bits per heavy atom. The van der Waals surface area contributed by atoms with Crippen LogP contribution in [0.25, 0.3) is 10.4 Å². The zero-order chi connectivity index (χ0) is 32.9. The quantitative estimate of drug-likeness (QED) is 0.252. The number of ketones is 1. The summed E-state index contributed by atoms with van der Waals surface area (Å²) in [5.41, 5.74) is 2.60. The first-order valence-electron chi connectivity index (χ1n) is 16.6. The summed E-state index contributed by atoms with van der Waals surface area (Å²) >= 11 is 1.45. The number of aromatic nitrogens is 1. The number of benzene rings is 1. The van der Waals surface area contributed by atoms with E-state index in [9.17, 15) is 13.2 Å². The fourth-order valence-corrected chi connectivity index (χ4v) is 8.77. The average molecular weight is 666 g/mol. The van der Waals surface area contributed by atoms with Crippen molar-refractivity contribution >= 4 is 38.6 Å². The molecule has 0 radical (unpaired) electrons. The lowest BCUT2D eigenvalue weighted by Crippen LogP contribution is -2.53. The first kappa shape index (κ1) is 34.3. The number of pyridine rings is 1. The van der Waals surface area contributed by atoms with E-state index in [0.29, 0.717) is 17.1 Å². The molecule has 1 aromatic carbocycles. The van der Waals surface area contributed by atoms with Gasteiger partial charge in [0.15, 0.2) is 5.78 Å². The highest BCUT2D eigenvalue weighted by Crippen LogP contribution is 2.39. The third-order valence-corrected chi connectivity index (χ3v) is 12.2. The first-order chi connectivity index (χ1) is 21.9. The van der Waals surface area contributed by atoms with Crippen LogP contribution in [0.1, 0.15) is 77.3 Å². The molecular weight excluding hydrogens is 615 g/mol. The van der Waals surface area contributed by atoms with Gasteiger partial charge < -0.3 is 9.80 Å². The largest absolute Gasteiger partial charge is 0.354 e. The predicted octanol–water partition coefficient (Wildman–Crippen LogP) is 7.54. The van der Waals surface area contributed by atoms with Gasteiger partial charge in [-0.1, -0.05) is 75.4 Å². The number of rotatable bonds is 6. The van der Waals surface area contributed by atoms with Crippen molar-refractivity contribution in [2.75, 3.05) is 55.6 Å². The van der Waals surface area contributed by atoms with Crippen LogP contribution < -0.4 is 9.80 Å². The van der Waals surface area contributed by atoms with Gasteiger partial charge in [0.2, 0.25) is 10.0 Å². The van der Waals surface area contributed by atoms with Gasteiger partial charge in [0.25, 0.3) is 0 Å². The number of thiophene rings is 1. The summed E-state index contributed by atoms with van der Waals surface area (Å²) < 4.78 is 28.5. The van der Waals surface area contributed by atoms with Crippen molar-refractivity contribution in [1.82, 2.24) is 14.2 Å². The van der Waals surface area contributed by atoms with E-state index in [1.54, 1.807) is 19.1 Å². The Morgan fingerprint density at radius 2 is 1.52 bits per heavy atom. The standard InChI is InChI=1S/C30H37N5O3S2.C6H12.H2/c1-22-21-34(17-18-35(22)26-19-27(39-29(26)23(2)36)24-9-7-6-8-10-24)40(37,38)25-11-12-28(31-20-25)32-13-15-33(16-14-32)30(3,4)5;1-2-4-6-5-3-1;/h6-12,19-20H,1,13-18,21H2,2-5H3;1-6H2;1H. The van der Waals surface area contributed by atoms with Gasteiger partial charge in [-0.2, -0.15) is 4.31 Å². The molecule has 0 spiro atoms. The van der Waals surface area contributed by atoms with Gasteiger partial charge in [-0.15, -0.1) is 11.3 Å². The summed E-state index contributed by atoms with van der Waals surface area (Å²) in [7, 11) is -3.75. The van der Waals surface area contributed by atoms with Crippen LogP contribution in [0.2, 0.25) is 0 Å². The Kier molecular flexibility index (Phi) is 11.0. The Morgan fingerprint density at radius 3 is 2.04 bits per heavy atom. The van der Waals surface area contributed by atoms with Gasteiger partial charge in [-0.3, -0.25) is 9.69 Å². The second-order valence-corrected chi connectivity index (χ2v) is 16.4. The Hall–Kier alpha value is -3.05. The first-order valence-corrected chi connectivity index (χ1v) is 18.8. The zero-order valence-electron chi connectivity index (χ0n) is 27.9. The van der Waals surface area contributed by atoms with E-state index in [1.807, 2.05) is 41.3 Å². The average Bonchev–Trinajstić information content (AvgIpc) is 3.52. The topological polar surface area (TPSA) is 77.1 Å². The van der Waals surface area contributed by atoms with Crippen molar-refractivity contribution in [3.05, 3.63) is 71.9 Å². The van der Waals surface area contributed by atoms with Crippen molar-refractivity contribution in [2.24, 2.45) is 0 Å². The molecule has 0 amide bonds. The minimum Gasteiger partial charge on any atom is -0.354 e. The van der Waals surface area contributed by atoms with Gasteiger partial charge >= 0.3 is 0 Å². The molecule has 2 aliphatic heterocycles. The number of hydrogen-bond donors (Lipinski definition) is 0. The predicted molar refractivity (Wildman–Crippen MR) is 193 cm³/mol. The van der Waals surface area contributed by atoms with Crippen LogP contribution in [0.5, 0.6) is 0 Å². The number of carbonyl (C=O) groups is 1. The Labute approximate surface area is 281 Å². The number of Topliss-reactive ketones (excluding diaryl/α,β-unsaturated/α-hetero) is 1. The molecule has 46 heavy (non-hydrogen) atoms. The molecule has 4 heterocycles. The van der Waals surface area contributed by atoms with E-state index >= 15 is 0 Å². The van der Waals surface area contributed by atoms with E-state index in [4.69, 9.17) is 0 Å². The van der Waals surface area contributed by atoms with Gasteiger partial charge in [0.05, 0.1) is 17.1 Å². The third-order valence-electron chi connectivity index (χ3n) is 9.11. The SMILES string of the molecule is C1CCCCC1.C=C1CN(S(=O)(=O)c2ccc(N3CCN(C(C)(C)C)CC3)nc2)CCN1c1cc(-c2ccccc2)sc1C(C)=O.[HH]. The van der Waals surface area contributed by atoms with E-state index in [2.05, 4.69) is 42.1 Å². The van der Waals surface area contributed by atoms with Gasteiger partial charge in [0.1, 0.15) is 10.7 Å². The second kappa shape index (κ2) is 14.8. The highest BCUT2D eigenvalue weighted by Gasteiger charge is 2.33.